The first kappa shape index (κ1) is 14.9. The number of sulfonamides is 1. The fraction of sp³-hybridized carbons (Fsp3) is 0.300. The number of ether oxygens (including phenoxy) is 1. The Morgan fingerprint density at radius 1 is 1.56 bits per heavy atom. The molecule has 8 heteroatoms. The Labute approximate surface area is 109 Å². The van der Waals surface area contributed by atoms with E-state index in [1.165, 1.54) is 24.3 Å². The number of halogens is 2. The van der Waals surface area contributed by atoms with Crippen LogP contribution in [0.4, 0.5) is 4.39 Å². The molecule has 0 aromatic heterocycles. The van der Waals surface area contributed by atoms with Crippen molar-refractivity contribution >= 4 is 27.6 Å². The summed E-state index contributed by atoms with van der Waals surface area (Å²) in [5.41, 5.74) is 0. The van der Waals surface area contributed by atoms with Gasteiger partial charge in [0.2, 0.25) is 10.0 Å². The van der Waals surface area contributed by atoms with Crippen molar-refractivity contribution in [2.75, 3.05) is 13.8 Å². The maximum Gasteiger partial charge on any atom is 0.326 e. The predicted octanol–water partition coefficient (Wildman–Crippen LogP) is 1.13. The fourth-order valence-corrected chi connectivity index (χ4v) is 2.64. The second-order valence-electron chi connectivity index (χ2n) is 3.31. The zero-order chi connectivity index (χ0) is 13.8. The van der Waals surface area contributed by atoms with Crippen molar-refractivity contribution in [1.29, 1.82) is 0 Å². The third-order valence-electron chi connectivity index (χ3n) is 2.04. The smallest absolute Gasteiger partial charge is 0.326 e. The Bertz CT molecular complexity index is 534. The highest BCUT2D eigenvalue weighted by molar-refractivity contribution is 7.89. The summed E-state index contributed by atoms with van der Waals surface area (Å²) in [6.07, 6.45) is 0. The number of rotatable bonds is 5. The fourth-order valence-electron chi connectivity index (χ4n) is 1.17. The maximum absolute atomic E-state index is 12.6. The van der Waals surface area contributed by atoms with E-state index in [0.717, 1.165) is 7.11 Å². The third-order valence-corrected chi connectivity index (χ3v) is 3.75. The van der Waals surface area contributed by atoms with Gasteiger partial charge in [-0.05, 0) is 18.2 Å². The predicted molar refractivity (Wildman–Crippen MR) is 63.6 cm³/mol. The summed E-state index contributed by atoms with van der Waals surface area (Å²) >= 11 is 5.65. The summed E-state index contributed by atoms with van der Waals surface area (Å²) in [6, 6.07) is 3.82. The summed E-state index contributed by atoms with van der Waals surface area (Å²) in [5, 5.41) is 0.216. The number of nitrogens with one attached hydrogen (secondary N) is 1. The van der Waals surface area contributed by atoms with E-state index in [-0.39, 0.29) is 9.92 Å². The lowest BCUT2D eigenvalue weighted by atomic mass is 10.4. The minimum absolute atomic E-state index is 0.155. The van der Waals surface area contributed by atoms with Crippen molar-refractivity contribution in [2.45, 2.75) is 10.9 Å². The second kappa shape index (κ2) is 6.12. The van der Waals surface area contributed by atoms with Crippen molar-refractivity contribution < 1.29 is 22.3 Å². The molecule has 18 heavy (non-hydrogen) atoms. The molecule has 1 aromatic carbocycles. The first-order valence-electron chi connectivity index (χ1n) is 4.82. The lowest BCUT2D eigenvalue weighted by Crippen LogP contribution is -2.42. The molecule has 0 bridgehead atoms. The van der Waals surface area contributed by atoms with Crippen LogP contribution >= 0.6 is 11.6 Å². The molecule has 0 aliphatic heterocycles. The number of carbonyl (C=O) groups excluding carboxylic acids is 1. The molecular formula is C10H11ClFNO4S. The van der Waals surface area contributed by atoms with Crippen LogP contribution in [0.15, 0.2) is 29.2 Å². The summed E-state index contributed by atoms with van der Waals surface area (Å²) in [7, 11) is -2.98. The molecule has 5 nitrogen and oxygen atoms in total. The van der Waals surface area contributed by atoms with Crippen LogP contribution in [0, 0.1) is 0 Å². The third kappa shape index (κ3) is 3.66. The molecule has 0 saturated heterocycles. The molecule has 0 aliphatic rings. The molecule has 1 unspecified atom stereocenters. The van der Waals surface area contributed by atoms with Crippen molar-refractivity contribution in [3.05, 3.63) is 29.3 Å². The van der Waals surface area contributed by atoms with Gasteiger partial charge in [-0.1, -0.05) is 17.7 Å². The summed E-state index contributed by atoms with van der Waals surface area (Å²) < 4.78 is 42.4. The van der Waals surface area contributed by atoms with Crippen LogP contribution in [0.1, 0.15) is 0 Å². The Morgan fingerprint density at radius 2 is 2.22 bits per heavy atom. The number of hydrogen-bond acceptors (Lipinski definition) is 4. The molecule has 0 fully saturated rings. The molecule has 0 radical (unpaired) electrons. The van der Waals surface area contributed by atoms with E-state index in [1.807, 2.05) is 4.72 Å². The molecule has 1 atom stereocenters. The Kier molecular flexibility index (Phi) is 5.06. The van der Waals surface area contributed by atoms with Gasteiger partial charge in [0.25, 0.3) is 0 Å². The minimum Gasteiger partial charge on any atom is -0.468 e. The van der Waals surface area contributed by atoms with Gasteiger partial charge in [0.1, 0.15) is 12.7 Å². The normalized spacial score (nSPS) is 13.1. The zero-order valence-electron chi connectivity index (χ0n) is 9.39. The van der Waals surface area contributed by atoms with E-state index in [4.69, 9.17) is 11.6 Å². The number of esters is 1. The van der Waals surface area contributed by atoms with E-state index in [9.17, 15) is 17.6 Å². The highest BCUT2D eigenvalue weighted by Gasteiger charge is 2.26. The minimum atomic E-state index is -4.02. The zero-order valence-corrected chi connectivity index (χ0v) is 11.0. The highest BCUT2D eigenvalue weighted by atomic mass is 35.5. The SMILES string of the molecule is COC(=O)C(CF)NS(=O)(=O)c1cccc(Cl)c1. The number of carbonyl (C=O) groups is 1. The molecular weight excluding hydrogens is 285 g/mol. The molecule has 100 valence electrons. The lowest BCUT2D eigenvalue weighted by molar-refractivity contribution is -0.142. The van der Waals surface area contributed by atoms with Gasteiger partial charge in [-0.2, -0.15) is 4.72 Å². The van der Waals surface area contributed by atoms with Gasteiger partial charge in [-0.25, -0.2) is 12.8 Å². The van der Waals surface area contributed by atoms with Crippen molar-refractivity contribution in [3.63, 3.8) is 0 Å². The van der Waals surface area contributed by atoms with Gasteiger partial charge >= 0.3 is 5.97 Å². The summed E-state index contributed by atoms with van der Waals surface area (Å²) in [5.74, 6) is -0.997. The number of benzene rings is 1. The maximum atomic E-state index is 12.6. The molecule has 0 saturated carbocycles. The monoisotopic (exact) mass is 295 g/mol. The van der Waals surface area contributed by atoms with Crippen LogP contribution in [-0.2, 0) is 19.6 Å². The Balaban J connectivity index is 2.97. The van der Waals surface area contributed by atoms with E-state index in [2.05, 4.69) is 4.74 Å². The van der Waals surface area contributed by atoms with Gasteiger partial charge in [-0.3, -0.25) is 4.79 Å². The average molecular weight is 296 g/mol. The van der Waals surface area contributed by atoms with E-state index in [1.54, 1.807) is 0 Å². The molecule has 0 aliphatic carbocycles. The number of alkyl halides is 1. The van der Waals surface area contributed by atoms with Gasteiger partial charge in [0, 0.05) is 5.02 Å². The van der Waals surface area contributed by atoms with Crippen LogP contribution in [0.25, 0.3) is 0 Å². The molecule has 0 spiro atoms. The highest BCUT2D eigenvalue weighted by Crippen LogP contribution is 2.15. The molecule has 0 heterocycles. The molecule has 1 rings (SSSR count). The first-order chi connectivity index (χ1) is 8.40. The Hall–Kier alpha value is -1.18. The van der Waals surface area contributed by atoms with E-state index < -0.39 is 28.7 Å². The van der Waals surface area contributed by atoms with E-state index in [0.29, 0.717) is 0 Å². The molecule has 0 amide bonds. The quantitative estimate of drug-likeness (QED) is 0.827. The Morgan fingerprint density at radius 3 is 2.72 bits per heavy atom. The number of methoxy groups -OCH3 is 1. The van der Waals surface area contributed by atoms with Gasteiger partial charge < -0.3 is 4.74 Å². The van der Waals surface area contributed by atoms with Crippen LogP contribution in [0.2, 0.25) is 5.02 Å². The van der Waals surface area contributed by atoms with Crippen molar-refractivity contribution in [2.24, 2.45) is 0 Å². The van der Waals surface area contributed by atoms with Crippen LogP contribution < -0.4 is 4.72 Å². The summed E-state index contributed by atoms with van der Waals surface area (Å²) in [4.78, 5) is 10.9. The topological polar surface area (TPSA) is 72.5 Å². The van der Waals surface area contributed by atoms with Crippen LogP contribution in [0.5, 0.6) is 0 Å². The largest absolute Gasteiger partial charge is 0.468 e. The van der Waals surface area contributed by atoms with Gasteiger partial charge in [0.05, 0.1) is 12.0 Å². The number of hydrogen-bond donors (Lipinski definition) is 1. The van der Waals surface area contributed by atoms with Crippen molar-refractivity contribution in [3.8, 4) is 0 Å². The standard InChI is InChI=1S/C10H11ClFNO4S/c1-17-10(14)9(6-12)13-18(15,16)8-4-2-3-7(11)5-8/h2-5,9,13H,6H2,1H3. The second-order valence-corrected chi connectivity index (χ2v) is 5.46. The van der Waals surface area contributed by atoms with Crippen molar-refractivity contribution in [1.82, 2.24) is 4.72 Å². The van der Waals surface area contributed by atoms with Gasteiger partial charge in [0.15, 0.2) is 0 Å². The van der Waals surface area contributed by atoms with Crippen LogP contribution in [0.3, 0.4) is 0 Å². The summed E-state index contributed by atoms with van der Waals surface area (Å²) in [6.45, 7) is -1.20. The first-order valence-corrected chi connectivity index (χ1v) is 6.68. The molecule has 1 aromatic rings. The van der Waals surface area contributed by atoms with Gasteiger partial charge in [-0.15, -0.1) is 0 Å². The lowest BCUT2D eigenvalue weighted by Gasteiger charge is -2.13. The average Bonchev–Trinajstić information content (AvgIpc) is 2.35. The van der Waals surface area contributed by atoms with Crippen LogP contribution in [-0.4, -0.2) is 34.2 Å². The van der Waals surface area contributed by atoms with E-state index >= 15 is 0 Å². The molecule has 1 N–H and O–H groups in total.